The first-order chi connectivity index (χ1) is 15.6. The molecule has 184 valence electrons. The highest BCUT2D eigenvalue weighted by molar-refractivity contribution is 5.06. The average Bonchev–Trinajstić information content (AvgIpc) is 2.73. The SMILES string of the molecule is CC(C)(C)CCCCc1ccc[n+](CCCCCc2ccc[n+](CCCCC(C)(C)C)c2)c1. The number of aromatic nitrogens is 2. The quantitative estimate of drug-likeness (QED) is 0.205. The summed E-state index contributed by atoms with van der Waals surface area (Å²) in [5, 5.41) is 0. The van der Waals surface area contributed by atoms with Gasteiger partial charge >= 0.3 is 0 Å². The topological polar surface area (TPSA) is 7.76 Å². The first kappa shape index (κ1) is 27.5. The summed E-state index contributed by atoms with van der Waals surface area (Å²) in [6, 6.07) is 9.04. The summed E-state index contributed by atoms with van der Waals surface area (Å²) in [4.78, 5) is 0. The van der Waals surface area contributed by atoms with Crippen LogP contribution in [0.3, 0.4) is 0 Å². The zero-order valence-electron chi connectivity index (χ0n) is 22.7. The van der Waals surface area contributed by atoms with Crippen LogP contribution >= 0.6 is 0 Å². The predicted molar refractivity (Wildman–Crippen MR) is 141 cm³/mol. The standard InChI is InChI=1S/C31H52N2/c1-30(2,3)20-10-9-17-29-19-15-24-32(27-29)22-12-7-8-16-28-18-14-25-33(26-28)23-13-11-21-31(4,5)6/h14-15,18-19,24-27H,7-13,16-17,20-23H2,1-6H3/q+2. The Labute approximate surface area is 205 Å². The van der Waals surface area contributed by atoms with Gasteiger partial charge in [0, 0.05) is 36.1 Å². The lowest BCUT2D eigenvalue weighted by Gasteiger charge is -2.17. The lowest BCUT2D eigenvalue weighted by atomic mass is 9.89. The fourth-order valence-electron chi connectivity index (χ4n) is 4.46. The van der Waals surface area contributed by atoms with Crippen LogP contribution in [0.15, 0.2) is 49.1 Å². The van der Waals surface area contributed by atoms with E-state index in [1.165, 1.54) is 81.8 Å². The van der Waals surface area contributed by atoms with E-state index in [0.29, 0.717) is 10.8 Å². The van der Waals surface area contributed by atoms with Crippen molar-refractivity contribution in [3.8, 4) is 0 Å². The lowest BCUT2D eigenvalue weighted by molar-refractivity contribution is -0.697. The van der Waals surface area contributed by atoms with Crippen molar-refractivity contribution in [2.75, 3.05) is 0 Å². The van der Waals surface area contributed by atoms with Gasteiger partial charge in [-0.1, -0.05) is 48.0 Å². The summed E-state index contributed by atoms with van der Waals surface area (Å²) in [5.41, 5.74) is 3.89. The highest BCUT2D eigenvalue weighted by Crippen LogP contribution is 2.22. The van der Waals surface area contributed by atoms with Gasteiger partial charge in [0.15, 0.2) is 24.8 Å². The number of hydrogen-bond acceptors (Lipinski definition) is 0. The van der Waals surface area contributed by atoms with Gasteiger partial charge in [0.05, 0.1) is 0 Å². The maximum atomic E-state index is 2.40. The van der Waals surface area contributed by atoms with E-state index in [2.05, 4.69) is 99.7 Å². The van der Waals surface area contributed by atoms with Gasteiger partial charge in [-0.2, -0.15) is 0 Å². The molecule has 0 atom stereocenters. The van der Waals surface area contributed by atoms with E-state index in [-0.39, 0.29) is 0 Å². The Bertz CT molecular complexity index is 728. The average molecular weight is 453 g/mol. The van der Waals surface area contributed by atoms with Gasteiger partial charge in [-0.15, -0.1) is 0 Å². The summed E-state index contributed by atoms with van der Waals surface area (Å²) in [5.74, 6) is 0. The van der Waals surface area contributed by atoms with E-state index >= 15 is 0 Å². The zero-order chi connectivity index (χ0) is 24.2. The molecule has 0 aliphatic carbocycles. The first-order valence-corrected chi connectivity index (χ1v) is 13.6. The molecule has 0 bridgehead atoms. The molecule has 0 saturated carbocycles. The zero-order valence-corrected chi connectivity index (χ0v) is 22.7. The minimum Gasteiger partial charge on any atom is -0.205 e. The highest BCUT2D eigenvalue weighted by atomic mass is 14.9. The van der Waals surface area contributed by atoms with E-state index in [1.807, 2.05) is 0 Å². The number of unbranched alkanes of at least 4 members (excludes halogenated alkanes) is 4. The second-order valence-electron chi connectivity index (χ2n) is 12.5. The minimum absolute atomic E-state index is 0.457. The molecule has 2 rings (SSSR count). The van der Waals surface area contributed by atoms with E-state index < -0.39 is 0 Å². The summed E-state index contributed by atoms with van der Waals surface area (Å²) < 4.78 is 4.79. The Balaban J connectivity index is 1.63. The number of hydrogen-bond donors (Lipinski definition) is 0. The molecular weight excluding hydrogens is 400 g/mol. The second kappa shape index (κ2) is 13.9. The molecule has 2 heteroatoms. The van der Waals surface area contributed by atoms with Gasteiger partial charge in [-0.05, 0) is 74.3 Å². The van der Waals surface area contributed by atoms with Crippen molar-refractivity contribution in [1.29, 1.82) is 0 Å². The van der Waals surface area contributed by atoms with Crippen LogP contribution in [0.5, 0.6) is 0 Å². The van der Waals surface area contributed by atoms with Gasteiger partial charge in [0.2, 0.25) is 0 Å². The van der Waals surface area contributed by atoms with Crippen LogP contribution in [-0.2, 0) is 25.9 Å². The maximum absolute atomic E-state index is 2.40. The highest BCUT2D eigenvalue weighted by Gasteiger charge is 2.11. The summed E-state index contributed by atoms with van der Waals surface area (Å²) in [6.45, 7) is 16.3. The smallest absolute Gasteiger partial charge is 0.171 e. The molecule has 0 unspecified atom stereocenters. The number of nitrogens with zero attached hydrogens (tertiary/aromatic N) is 2. The Morgan fingerprint density at radius 1 is 0.545 bits per heavy atom. The molecule has 2 aromatic heterocycles. The van der Waals surface area contributed by atoms with Crippen molar-refractivity contribution in [3.05, 3.63) is 60.2 Å². The predicted octanol–water partition coefficient (Wildman–Crippen LogP) is 7.65. The minimum atomic E-state index is 0.457. The summed E-state index contributed by atoms with van der Waals surface area (Å²) in [7, 11) is 0. The molecule has 0 fully saturated rings. The van der Waals surface area contributed by atoms with Crippen LogP contribution < -0.4 is 9.13 Å². The fraction of sp³-hybridized carbons (Fsp3) is 0.677. The molecule has 2 aromatic rings. The van der Waals surface area contributed by atoms with Crippen molar-refractivity contribution in [2.24, 2.45) is 10.8 Å². The molecule has 0 N–H and O–H groups in total. The van der Waals surface area contributed by atoms with Gasteiger partial charge < -0.3 is 0 Å². The largest absolute Gasteiger partial charge is 0.205 e. The molecule has 2 nitrogen and oxygen atoms in total. The molecule has 2 heterocycles. The molecule has 0 aliphatic rings. The Morgan fingerprint density at radius 3 is 1.45 bits per heavy atom. The van der Waals surface area contributed by atoms with Crippen LogP contribution in [0.2, 0.25) is 0 Å². The third-order valence-electron chi connectivity index (χ3n) is 6.46. The van der Waals surface area contributed by atoms with Gasteiger partial charge in [-0.3, -0.25) is 0 Å². The van der Waals surface area contributed by atoms with Crippen LogP contribution in [0.1, 0.15) is 110 Å². The molecule has 0 saturated heterocycles. The van der Waals surface area contributed by atoms with Gasteiger partial charge in [0.1, 0.15) is 13.1 Å². The maximum Gasteiger partial charge on any atom is 0.171 e. The van der Waals surface area contributed by atoms with Crippen molar-refractivity contribution in [2.45, 2.75) is 125 Å². The first-order valence-electron chi connectivity index (χ1n) is 13.6. The van der Waals surface area contributed by atoms with Crippen molar-refractivity contribution in [3.63, 3.8) is 0 Å². The Morgan fingerprint density at radius 2 is 0.970 bits per heavy atom. The Hall–Kier alpha value is -1.70. The number of aryl methyl sites for hydroxylation is 4. The monoisotopic (exact) mass is 452 g/mol. The fourth-order valence-corrected chi connectivity index (χ4v) is 4.46. The molecule has 0 amide bonds. The number of rotatable bonds is 14. The van der Waals surface area contributed by atoms with Crippen molar-refractivity contribution >= 4 is 0 Å². The lowest BCUT2D eigenvalue weighted by Crippen LogP contribution is -2.33. The third kappa shape index (κ3) is 13.6. The summed E-state index contributed by atoms with van der Waals surface area (Å²) >= 11 is 0. The summed E-state index contributed by atoms with van der Waals surface area (Å²) in [6.07, 6.45) is 23.3. The van der Waals surface area contributed by atoms with Crippen LogP contribution in [0, 0.1) is 10.8 Å². The molecule has 0 aromatic carbocycles. The van der Waals surface area contributed by atoms with Gasteiger partial charge in [0.25, 0.3) is 0 Å². The van der Waals surface area contributed by atoms with E-state index in [0.717, 1.165) is 13.1 Å². The van der Waals surface area contributed by atoms with Crippen molar-refractivity contribution < 1.29 is 9.13 Å². The van der Waals surface area contributed by atoms with Crippen LogP contribution in [-0.4, -0.2) is 0 Å². The van der Waals surface area contributed by atoms with E-state index in [4.69, 9.17) is 0 Å². The molecule has 0 aliphatic heterocycles. The number of pyridine rings is 2. The normalized spacial score (nSPS) is 12.3. The van der Waals surface area contributed by atoms with Crippen LogP contribution in [0.4, 0.5) is 0 Å². The Kier molecular flexibility index (Phi) is 11.6. The molecular formula is C31H52N2+2. The van der Waals surface area contributed by atoms with Crippen molar-refractivity contribution in [1.82, 2.24) is 0 Å². The van der Waals surface area contributed by atoms with E-state index in [1.54, 1.807) is 0 Å². The second-order valence-corrected chi connectivity index (χ2v) is 12.5. The van der Waals surface area contributed by atoms with E-state index in [9.17, 15) is 0 Å². The van der Waals surface area contributed by atoms with Gasteiger partial charge in [-0.25, -0.2) is 9.13 Å². The molecule has 0 radical (unpaired) electrons. The third-order valence-corrected chi connectivity index (χ3v) is 6.46. The van der Waals surface area contributed by atoms with Crippen LogP contribution in [0.25, 0.3) is 0 Å². The molecule has 33 heavy (non-hydrogen) atoms. The molecule has 0 spiro atoms.